The predicted octanol–water partition coefficient (Wildman–Crippen LogP) is -3.64. The maximum atomic E-state index is 13.0. The maximum absolute atomic E-state index is 13.0. The average Bonchev–Trinajstić information content (AvgIpc) is 3.04. The first-order valence-electron chi connectivity index (χ1n) is 14.9. The van der Waals surface area contributed by atoms with Crippen molar-refractivity contribution in [3.63, 3.8) is 0 Å². The number of piperidine rings is 1. The minimum absolute atomic E-state index is 0. The molecule has 1 aliphatic rings. The molecular formula is C31H40LiN7O7. The van der Waals surface area contributed by atoms with Crippen LogP contribution in [0.25, 0.3) is 0 Å². The Morgan fingerprint density at radius 2 is 1.39 bits per heavy atom. The van der Waals surface area contributed by atoms with Crippen molar-refractivity contribution in [1.82, 2.24) is 26.2 Å². The first-order valence-corrected chi connectivity index (χ1v) is 14.9. The van der Waals surface area contributed by atoms with Crippen molar-refractivity contribution in [2.45, 2.75) is 38.6 Å². The second-order valence-corrected chi connectivity index (χ2v) is 10.5. The van der Waals surface area contributed by atoms with E-state index in [1.165, 1.54) is 5.56 Å². The fraction of sp³-hybridized carbons (Fsp3) is 0.419. The van der Waals surface area contributed by atoms with Crippen LogP contribution in [0.5, 0.6) is 0 Å². The van der Waals surface area contributed by atoms with E-state index < -0.39 is 55.9 Å². The number of urea groups is 1. The molecule has 0 saturated carbocycles. The molecule has 0 bridgehead atoms. The fourth-order valence-electron chi connectivity index (χ4n) is 4.85. The van der Waals surface area contributed by atoms with E-state index in [2.05, 4.69) is 38.3 Å². The largest absolute Gasteiger partial charge is 1.00 e. The summed E-state index contributed by atoms with van der Waals surface area (Å²) in [6, 6.07) is 16.7. The summed E-state index contributed by atoms with van der Waals surface area (Å²) in [5, 5.41) is 21.9. The number of carboxylic acid groups (broad SMARTS) is 1. The number of likely N-dealkylation sites (tertiary alicyclic amines) is 1. The number of amides is 6. The van der Waals surface area contributed by atoms with Gasteiger partial charge in [-0.2, -0.15) is 0 Å². The number of carboxylic acids is 1. The second kappa shape index (κ2) is 19.9. The quantitative estimate of drug-likeness (QED) is 0.125. The van der Waals surface area contributed by atoms with Crippen molar-refractivity contribution in [2.75, 3.05) is 56.0 Å². The van der Waals surface area contributed by atoms with Gasteiger partial charge in [-0.25, -0.2) is 4.79 Å². The Labute approximate surface area is 280 Å². The van der Waals surface area contributed by atoms with Crippen molar-refractivity contribution in [1.29, 1.82) is 0 Å². The van der Waals surface area contributed by atoms with Gasteiger partial charge in [0.25, 0.3) is 0 Å². The number of rotatable bonds is 15. The minimum atomic E-state index is -1.47. The van der Waals surface area contributed by atoms with Crippen LogP contribution >= 0.6 is 0 Å². The molecule has 0 atom stereocenters. The van der Waals surface area contributed by atoms with Gasteiger partial charge in [0.15, 0.2) is 0 Å². The average molecular weight is 630 g/mol. The molecular weight excluding hydrogens is 589 g/mol. The fourth-order valence-corrected chi connectivity index (χ4v) is 4.85. The number of hydrogen-bond donors (Lipinski definition) is 5. The molecule has 1 heterocycles. The monoisotopic (exact) mass is 629 g/mol. The van der Waals surface area contributed by atoms with Gasteiger partial charge in [0, 0.05) is 43.5 Å². The number of nitrogens with one attached hydrogen (secondary N) is 5. The summed E-state index contributed by atoms with van der Waals surface area (Å²) >= 11 is 0. The normalized spacial score (nSPS) is 13.0. The number of benzene rings is 2. The zero-order chi connectivity index (χ0) is 32.6. The summed E-state index contributed by atoms with van der Waals surface area (Å²) in [5.41, 5.74) is 2.42. The summed E-state index contributed by atoms with van der Waals surface area (Å²) in [4.78, 5) is 75.3. The number of anilines is 2. The zero-order valence-corrected chi connectivity index (χ0v) is 26.3. The molecule has 0 spiro atoms. The summed E-state index contributed by atoms with van der Waals surface area (Å²) < 4.78 is 0. The Morgan fingerprint density at radius 3 is 1.98 bits per heavy atom. The van der Waals surface area contributed by atoms with Crippen LogP contribution in [0.4, 0.5) is 16.2 Å². The van der Waals surface area contributed by atoms with Gasteiger partial charge >= 0.3 is 24.9 Å². The zero-order valence-electron chi connectivity index (χ0n) is 26.3. The van der Waals surface area contributed by atoms with Crippen LogP contribution in [0.15, 0.2) is 54.6 Å². The molecule has 2 aromatic rings. The molecule has 1 saturated heterocycles. The summed E-state index contributed by atoms with van der Waals surface area (Å²) in [6.45, 7) is 2.52. The van der Waals surface area contributed by atoms with Crippen molar-refractivity contribution in [3.05, 3.63) is 60.2 Å². The van der Waals surface area contributed by atoms with Crippen LogP contribution in [0, 0.1) is 0 Å². The Kier molecular flexibility index (Phi) is 16.3. The van der Waals surface area contributed by atoms with E-state index in [0.29, 0.717) is 17.8 Å². The standard InChI is InChI=1S/C31H41N7O7.Li/c1-2-29(42)38(24-12-15-37(16-13-24)14-11-22-7-4-3-5-8-22)25-10-6-9-23(17-25)36-31(45)35-20-28(41)33-18-26(39)32-19-27(40)34-21-30(43)44;/h3-10,17,24H,2,11-16,18-21H2,1H3,(H,32,39)(H,33,41)(H,34,40)(H,43,44)(H2,35,36,45);/q;+1/p-1. The van der Waals surface area contributed by atoms with Crippen LogP contribution in [0.3, 0.4) is 0 Å². The van der Waals surface area contributed by atoms with Gasteiger partial charge in [0.2, 0.25) is 23.6 Å². The van der Waals surface area contributed by atoms with Crippen LogP contribution in [0.2, 0.25) is 0 Å². The molecule has 0 aliphatic carbocycles. The van der Waals surface area contributed by atoms with Crippen LogP contribution in [-0.2, 0) is 30.4 Å². The van der Waals surface area contributed by atoms with E-state index in [9.17, 15) is 33.9 Å². The third-order valence-electron chi connectivity index (χ3n) is 7.17. The Hall–Kier alpha value is -4.38. The number of carbonyl (C=O) groups is 6. The molecule has 0 unspecified atom stereocenters. The summed E-state index contributed by atoms with van der Waals surface area (Å²) in [7, 11) is 0. The van der Waals surface area contributed by atoms with Gasteiger partial charge in [0.05, 0.1) is 32.1 Å². The predicted molar refractivity (Wildman–Crippen MR) is 165 cm³/mol. The second-order valence-electron chi connectivity index (χ2n) is 10.5. The molecule has 0 radical (unpaired) electrons. The van der Waals surface area contributed by atoms with E-state index >= 15 is 0 Å². The number of nitrogens with zero attached hydrogens (tertiary/aromatic N) is 2. The summed E-state index contributed by atoms with van der Waals surface area (Å²) in [6.07, 6.45) is 2.99. The molecule has 14 nitrogen and oxygen atoms in total. The molecule has 3 rings (SSSR count). The van der Waals surface area contributed by atoms with Gasteiger partial charge in [-0.05, 0) is 43.0 Å². The van der Waals surface area contributed by atoms with Crippen molar-refractivity contribution < 1.29 is 52.7 Å². The number of hydrogen-bond acceptors (Lipinski definition) is 8. The Morgan fingerprint density at radius 1 is 0.804 bits per heavy atom. The third-order valence-corrected chi connectivity index (χ3v) is 7.17. The number of aliphatic carboxylic acids is 1. The van der Waals surface area contributed by atoms with Crippen LogP contribution in [-0.4, -0.2) is 92.4 Å². The Balaban J connectivity index is 0.00000736. The maximum Gasteiger partial charge on any atom is 1.00 e. The molecule has 6 amide bonds. The van der Waals surface area contributed by atoms with E-state index in [4.69, 9.17) is 0 Å². The van der Waals surface area contributed by atoms with Crippen molar-refractivity contribution in [3.8, 4) is 0 Å². The molecule has 15 heteroatoms. The minimum Gasteiger partial charge on any atom is -0.548 e. The van der Waals surface area contributed by atoms with E-state index in [1.54, 1.807) is 18.2 Å². The molecule has 5 N–H and O–H groups in total. The van der Waals surface area contributed by atoms with Gasteiger partial charge in [-0.1, -0.05) is 43.3 Å². The number of carbonyl (C=O) groups excluding carboxylic acids is 6. The van der Waals surface area contributed by atoms with E-state index in [-0.39, 0.29) is 30.8 Å². The van der Waals surface area contributed by atoms with E-state index in [1.807, 2.05) is 41.4 Å². The molecule has 1 fully saturated rings. The van der Waals surface area contributed by atoms with Crippen LogP contribution < -0.4 is 55.5 Å². The molecule has 2 aromatic carbocycles. The van der Waals surface area contributed by atoms with Crippen molar-refractivity contribution in [2.24, 2.45) is 0 Å². The SMILES string of the molecule is CCC(=O)N(c1cccc(NC(=O)NCC(=O)NCC(=O)NCC(=O)NCC(=O)[O-])c1)C1CCN(CCc2ccccc2)CC1.[Li+]. The van der Waals surface area contributed by atoms with E-state index in [0.717, 1.165) is 38.9 Å². The van der Waals surface area contributed by atoms with Crippen molar-refractivity contribution >= 4 is 47.0 Å². The molecule has 242 valence electrons. The molecule has 0 aromatic heterocycles. The smallest absolute Gasteiger partial charge is 0.548 e. The van der Waals surface area contributed by atoms with Gasteiger partial charge < -0.3 is 46.3 Å². The Bertz CT molecular complexity index is 1340. The molecule has 46 heavy (non-hydrogen) atoms. The van der Waals surface area contributed by atoms with Gasteiger partial charge in [-0.15, -0.1) is 0 Å². The van der Waals surface area contributed by atoms with Crippen LogP contribution in [0.1, 0.15) is 31.7 Å². The third kappa shape index (κ3) is 13.3. The topological polar surface area (TPSA) is 192 Å². The summed E-state index contributed by atoms with van der Waals surface area (Å²) in [5.74, 6) is -3.54. The van der Waals surface area contributed by atoms with Gasteiger partial charge in [0.1, 0.15) is 0 Å². The van der Waals surface area contributed by atoms with Gasteiger partial charge in [-0.3, -0.25) is 19.2 Å². The first kappa shape index (κ1) is 37.8. The first-order chi connectivity index (χ1) is 21.6. The molecule has 1 aliphatic heterocycles.